The highest BCUT2D eigenvalue weighted by molar-refractivity contribution is 7.91. The third-order valence-corrected chi connectivity index (χ3v) is 8.01. The molecule has 3 rings (SSSR count). The Morgan fingerprint density at radius 1 is 1.33 bits per heavy atom. The Morgan fingerprint density at radius 3 is 2.74 bits per heavy atom. The average molecular weight is 409 g/mol. The molecule has 0 unspecified atom stereocenters. The number of ether oxygens (including phenoxy) is 1. The van der Waals surface area contributed by atoms with E-state index in [0.29, 0.717) is 13.0 Å². The maximum atomic E-state index is 12.6. The summed E-state index contributed by atoms with van der Waals surface area (Å²) in [6.45, 7) is 6.26. The minimum Gasteiger partial charge on any atom is -0.465 e. The molecule has 0 bridgehead atoms. The number of esters is 1. The Morgan fingerprint density at radius 2 is 2.07 bits per heavy atom. The molecule has 8 heteroatoms. The predicted octanol–water partition coefficient (Wildman–Crippen LogP) is 2.70. The number of thiophene rings is 1. The molecule has 0 atom stereocenters. The molecule has 0 fully saturated rings. The number of aryl methyl sites for hydroxylation is 1. The second kappa shape index (κ2) is 8.10. The van der Waals surface area contributed by atoms with Gasteiger partial charge in [-0.25, -0.2) is 17.9 Å². The van der Waals surface area contributed by atoms with Crippen LogP contribution in [0, 0.1) is 6.92 Å². The Balaban J connectivity index is 1.94. The third kappa shape index (κ3) is 4.08. The van der Waals surface area contributed by atoms with Crippen molar-refractivity contribution in [1.82, 2.24) is 9.62 Å². The van der Waals surface area contributed by atoms with Crippen LogP contribution in [-0.2, 0) is 34.3 Å². The van der Waals surface area contributed by atoms with Crippen LogP contribution in [0.3, 0.4) is 0 Å². The summed E-state index contributed by atoms with van der Waals surface area (Å²) < 4.78 is 32.6. The number of nitrogens with zero attached hydrogens (tertiary/aromatic N) is 1. The zero-order valence-corrected chi connectivity index (χ0v) is 17.4. The van der Waals surface area contributed by atoms with Gasteiger partial charge in [0.1, 0.15) is 4.21 Å². The van der Waals surface area contributed by atoms with Crippen LogP contribution in [0.5, 0.6) is 0 Å². The van der Waals surface area contributed by atoms with Gasteiger partial charge < -0.3 is 4.74 Å². The van der Waals surface area contributed by atoms with Gasteiger partial charge in [0.05, 0.1) is 12.7 Å². The van der Waals surface area contributed by atoms with Crippen LogP contribution in [0.25, 0.3) is 0 Å². The van der Waals surface area contributed by atoms with Crippen molar-refractivity contribution < 1.29 is 17.9 Å². The molecule has 0 spiro atoms. The molecule has 0 aliphatic carbocycles. The molecule has 146 valence electrons. The number of hydrogen-bond acceptors (Lipinski definition) is 6. The minimum absolute atomic E-state index is 0.0685. The van der Waals surface area contributed by atoms with Crippen LogP contribution < -0.4 is 4.72 Å². The van der Waals surface area contributed by atoms with Crippen molar-refractivity contribution in [3.05, 3.63) is 51.4 Å². The van der Waals surface area contributed by atoms with Crippen LogP contribution in [0.15, 0.2) is 28.5 Å². The van der Waals surface area contributed by atoms with Crippen LogP contribution in [0.4, 0.5) is 0 Å². The van der Waals surface area contributed by atoms with Crippen molar-refractivity contribution in [2.24, 2.45) is 0 Å². The number of methoxy groups -OCH3 is 1. The third-order valence-electron chi connectivity index (χ3n) is 4.73. The van der Waals surface area contributed by atoms with Gasteiger partial charge in [-0.3, -0.25) is 4.90 Å². The smallest absolute Gasteiger partial charge is 0.340 e. The number of fused-ring (bicyclic) bond motifs is 1. The topological polar surface area (TPSA) is 75.7 Å². The molecule has 0 amide bonds. The van der Waals surface area contributed by atoms with E-state index in [0.717, 1.165) is 23.5 Å². The summed E-state index contributed by atoms with van der Waals surface area (Å²) in [6.07, 6.45) is 0.629. The number of benzene rings is 1. The zero-order chi connectivity index (χ0) is 19.6. The molecule has 1 aromatic heterocycles. The van der Waals surface area contributed by atoms with Gasteiger partial charge in [0.25, 0.3) is 10.0 Å². The maximum absolute atomic E-state index is 12.6. The largest absolute Gasteiger partial charge is 0.465 e. The molecule has 2 aromatic rings. The van der Waals surface area contributed by atoms with Crippen molar-refractivity contribution in [2.75, 3.05) is 20.2 Å². The van der Waals surface area contributed by atoms with Gasteiger partial charge in [0.15, 0.2) is 0 Å². The number of rotatable bonds is 6. The maximum Gasteiger partial charge on any atom is 0.340 e. The summed E-state index contributed by atoms with van der Waals surface area (Å²) in [6, 6.07) is 8.25. The van der Waals surface area contributed by atoms with E-state index in [1.807, 2.05) is 12.1 Å². The van der Waals surface area contributed by atoms with E-state index in [1.165, 1.54) is 29.6 Å². The molecule has 27 heavy (non-hydrogen) atoms. The van der Waals surface area contributed by atoms with Crippen LogP contribution in [0.1, 0.15) is 38.8 Å². The van der Waals surface area contributed by atoms with E-state index in [4.69, 9.17) is 4.74 Å². The van der Waals surface area contributed by atoms with Crippen LogP contribution >= 0.6 is 11.3 Å². The van der Waals surface area contributed by atoms with E-state index in [-0.39, 0.29) is 16.3 Å². The van der Waals surface area contributed by atoms with Crippen molar-refractivity contribution in [2.45, 2.75) is 37.6 Å². The van der Waals surface area contributed by atoms with Gasteiger partial charge in [0.2, 0.25) is 0 Å². The highest BCUT2D eigenvalue weighted by Crippen LogP contribution is 2.37. The lowest BCUT2D eigenvalue weighted by atomic mass is 10.0. The molecule has 1 aliphatic rings. The fourth-order valence-electron chi connectivity index (χ4n) is 3.35. The van der Waals surface area contributed by atoms with Gasteiger partial charge in [0, 0.05) is 31.1 Å². The normalized spacial score (nSPS) is 14.8. The number of hydrogen-bond donors (Lipinski definition) is 1. The van der Waals surface area contributed by atoms with Crippen molar-refractivity contribution in [3.8, 4) is 0 Å². The molecule has 0 saturated carbocycles. The monoisotopic (exact) mass is 408 g/mol. The lowest BCUT2D eigenvalue weighted by Crippen LogP contribution is -2.30. The van der Waals surface area contributed by atoms with Gasteiger partial charge in [-0.15, -0.1) is 11.3 Å². The van der Waals surface area contributed by atoms with Crippen LogP contribution in [-0.4, -0.2) is 39.5 Å². The first-order chi connectivity index (χ1) is 12.9. The summed E-state index contributed by atoms with van der Waals surface area (Å²) in [5.74, 6) is -0.587. The molecule has 6 nitrogen and oxygen atoms in total. The summed E-state index contributed by atoms with van der Waals surface area (Å²) in [7, 11) is -2.44. The summed E-state index contributed by atoms with van der Waals surface area (Å²) >= 11 is 1.18. The second-order valence-corrected chi connectivity index (χ2v) is 9.61. The molecular weight excluding hydrogens is 384 g/mol. The Bertz CT molecular complexity index is 951. The first kappa shape index (κ1) is 20.0. The molecule has 1 aromatic carbocycles. The molecule has 0 radical (unpaired) electrons. The van der Waals surface area contributed by atoms with E-state index >= 15 is 0 Å². The first-order valence-corrected chi connectivity index (χ1v) is 11.2. The molecular formula is C19H24N2O4S2. The number of carbonyl (C=O) groups is 1. The SMILES string of the molecule is CCNS(=O)(=O)c1sc2c(c1C(=O)OC)CCN(Cc1ccccc1C)C2. The fraction of sp³-hybridized carbons (Fsp3) is 0.421. The number of nitrogens with one attached hydrogen (secondary N) is 1. The molecule has 2 heterocycles. The second-order valence-electron chi connectivity index (χ2n) is 6.55. The number of sulfonamides is 1. The van der Waals surface area contributed by atoms with Crippen molar-refractivity contribution >= 4 is 27.3 Å². The van der Waals surface area contributed by atoms with E-state index in [1.54, 1.807) is 6.92 Å². The van der Waals surface area contributed by atoms with Crippen molar-refractivity contribution in [1.29, 1.82) is 0 Å². The quantitative estimate of drug-likeness (QED) is 0.744. The summed E-state index contributed by atoms with van der Waals surface area (Å²) in [4.78, 5) is 15.5. The highest BCUT2D eigenvalue weighted by Gasteiger charge is 2.33. The summed E-state index contributed by atoms with van der Waals surface area (Å²) in [5, 5.41) is 0. The highest BCUT2D eigenvalue weighted by atomic mass is 32.2. The Kier molecular flexibility index (Phi) is 6.00. The predicted molar refractivity (Wildman–Crippen MR) is 106 cm³/mol. The van der Waals surface area contributed by atoms with Crippen LogP contribution in [0.2, 0.25) is 0 Å². The Labute approximate surface area is 164 Å². The standard InChI is InChI=1S/C19H24N2O4S2/c1-4-20-27(23,24)19-17(18(22)25-3)15-9-10-21(12-16(15)26-19)11-14-8-6-5-7-13(14)2/h5-8,20H,4,9-12H2,1-3H3. The van der Waals surface area contributed by atoms with Gasteiger partial charge in [-0.2, -0.15) is 0 Å². The lowest BCUT2D eigenvalue weighted by molar-refractivity contribution is 0.0595. The number of carbonyl (C=O) groups excluding carboxylic acids is 1. The molecule has 1 N–H and O–H groups in total. The van der Waals surface area contributed by atoms with E-state index in [9.17, 15) is 13.2 Å². The molecule has 1 aliphatic heterocycles. The van der Waals surface area contributed by atoms with Gasteiger partial charge >= 0.3 is 5.97 Å². The average Bonchev–Trinajstić information content (AvgIpc) is 3.03. The summed E-state index contributed by atoms with van der Waals surface area (Å²) in [5.41, 5.74) is 3.50. The zero-order valence-electron chi connectivity index (χ0n) is 15.7. The van der Waals surface area contributed by atoms with E-state index < -0.39 is 16.0 Å². The fourth-order valence-corrected chi connectivity index (χ4v) is 6.36. The van der Waals surface area contributed by atoms with Gasteiger partial charge in [-0.1, -0.05) is 31.2 Å². The first-order valence-electron chi connectivity index (χ1n) is 8.86. The van der Waals surface area contributed by atoms with Gasteiger partial charge in [-0.05, 0) is 30.0 Å². The minimum atomic E-state index is -3.72. The Hall–Kier alpha value is -1.74. The molecule has 0 saturated heterocycles. The van der Waals surface area contributed by atoms with E-state index in [2.05, 4.69) is 28.7 Å². The lowest BCUT2D eigenvalue weighted by Gasteiger charge is -2.27. The van der Waals surface area contributed by atoms with Crippen molar-refractivity contribution in [3.63, 3.8) is 0 Å².